The van der Waals surface area contributed by atoms with Crippen LogP contribution in [0.2, 0.25) is 0 Å². The number of carbonyl (C=O) groups is 1. The van der Waals surface area contributed by atoms with Gasteiger partial charge in [-0.25, -0.2) is 8.42 Å². The number of aromatic nitrogens is 2. The van der Waals surface area contributed by atoms with Gasteiger partial charge >= 0.3 is 0 Å². The second-order valence-electron chi connectivity index (χ2n) is 5.98. The summed E-state index contributed by atoms with van der Waals surface area (Å²) in [7, 11) is -2.98. The number of amides is 1. The van der Waals surface area contributed by atoms with Gasteiger partial charge in [-0.05, 0) is 31.5 Å². The van der Waals surface area contributed by atoms with Crippen molar-refractivity contribution < 1.29 is 13.2 Å². The van der Waals surface area contributed by atoms with Crippen LogP contribution in [0.1, 0.15) is 23.0 Å². The normalized spacial score (nSPS) is 17.0. The van der Waals surface area contributed by atoms with Gasteiger partial charge < -0.3 is 4.90 Å². The molecule has 2 aromatic rings. The van der Waals surface area contributed by atoms with Gasteiger partial charge in [0.15, 0.2) is 9.84 Å². The van der Waals surface area contributed by atoms with E-state index in [0.29, 0.717) is 5.56 Å². The number of carbonyl (C=O) groups excluding carboxylic acids is 1. The van der Waals surface area contributed by atoms with E-state index in [0.717, 1.165) is 23.4 Å². The molecule has 6 nitrogen and oxygen atoms in total. The van der Waals surface area contributed by atoms with Gasteiger partial charge in [0.2, 0.25) is 0 Å². The molecule has 1 aromatic carbocycles. The average molecular weight is 347 g/mol. The lowest BCUT2D eigenvalue weighted by molar-refractivity contribution is 0.0770. The molecular formula is C17H21N3O3S. The Kier molecular flexibility index (Phi) is 4.45. The highest BCUT2D eigenvalue weighted by atomic mass is 32.2. The molecule has 1 fully saturated rings. The molecule has 0 spiro atoms. The maximum absolute atomic E-state index is 12.5. The van der Waals surface area contributed by atoms with Crippen molar-refractivity contribution in [2.75, 3.05) is 24.6 Å². The summed E-state index contributed by atoms with van der Waals surface area (Å²) in [6.07, 6.45) is 1.84. The van der Waals surface area contributed by atoms with Crippen LogP contribution in [0, 0.1) is 6.92 Å². The van der Waals surface area contributed by atoms with E-state index in [1.807, 2.05) is 36.9 Å². The Morgan fingerprint density at radius 1 is 1.17 bits per heavy atom. The van der Waals surface area contributed by atoms with Gasteiger partial charge in [-0.3, -0.25) is 9.48 Å². The monoisotopic (exact) mass is 347 g/mol. The highest BCUT2D eigenvalue weighted by molar-refractivity contribution is 7.91. The molecule has 0 N–H and O–H groups in total. The second kappa shape index (κ2) is 6.39. The van der Waals surface area contributed by atoms with Crippen molar-refractivity contribution in [2.45, 2.75) is 20.4 Å². The van der Waals surface area contributed by atoms with Gasteiger partial charge in [0.05, 0.1) is 17.7 Å². The van der Waals surface area contributed by atoms with Gasteiger partial charge in [0.25, 0.3) is 5.91 Å². The van der Waals surface area contributed by atoms with Crippen molar-refractivity contribution in [3.8, 4) is 11.1 Å². The third-order valence-electron chi connectivity index (χ3n) is 4.48. The smallest absolute Gasteiger partial charge is 0.253 e. The predicted molar refractivity (Wildman–Crippen MR) is 92.6 cm³/mol. The number of aryl methyl sites for hydroxylation is 1. The SMILES string of the molecule is CCn1ncc(-c2ccc(C(=O)N3CCS(=O)(=O)CC3)cc2)c1C. The van der Waals surface area contributed by atoms with E-state index in [1.165, 1.54) is 0 Å². The van der Waals surface area contributed by atoms with Crippen LogP contribution < -0.4 is 0 Å². The summed E-state index contributed by atoms with van der Waals surface area (Å²) >= 11 is 0. The Morgan fingerprint density at radius 2 is 1.79 bits per heavy atom. The van der Waals surface area contributed by atoms with E-state index in [-0.39, 0.29) is 30.5 Å². The lowest BCUT2D eigenvalue weighted by atomic mass is 10.0. The summed E-state index contributed by atoms with van der Waals surface area (Å²) in [5.74, 6) is -0.0178. The fraction of sp³-hybridized carbons (Fsp3) is 0.412. The van der Waals surface area contributed by atoms with Crippen LogP contribution in [-0.4, -0.2) is 53.6 Å². The first kappa shape index (κ1) is 16.7. The minimum Gasteiger partial charge on any atom is -0.337 e. The third kappa shape index (κ3) is 3.21. The molecule has 1 saturated heterocycles. The van der Waals surface area contributed by atoms with Crippen molar-refractivity contribution in [2.24, 2.45) is 0 Å². The summed E-state index contributed by atoms with van der Waals surface area (Å²) in [5, 5.41) is 4.34. The average Bonchev–Trinajstić information content (AvgIpc) is 2.95. The minimum absolute atomic E-state index is 0.0478. The van der Waals surface area contributed by atoms with Gasteiger partial charge in [-0.15, -0.1) is 0 Å². The van der Waals surface area contributed by atoms with Crippen molar-refractivity contribution in [3.63, 3.8) is 0 Å². The lowest BCUT2D eigenvalue weighted by Gasteiger charge is -2.26. The molecule has 7 heteroatoms. The van der Waals surface area contributed by atoms with Gasteiger partial charge in [-0.1, -0.05) is 12.1 Å². The zero-order chi connectivity index (χ0) is 17.3. The molecule has 128 valence electrons. The third-order valence-corrected chi connectivity index (χ3v) is 6.09. The Morgan fingerprint density at radius 3 is 2.33 bits per heavy atom. The molecule has 1 aliphatic heterocycles. The number of rotatable bonds is 3. The molecule has 24 heavy (non-hydrogen) atoms. The van der Waals surface area contributed by atoms with Gasteiger partial charge in [0.1, 0.15) is 0 Å². The summed E-state index contributed by atoms with van der Waals surface area (Å²) in [5.41, 5.74) is 3.75. The van der Waals surface area contributed by atoms with Crippen LogP contribution in [0.4, 0.5) is 0 Å². The van der Waals surface area contributed by atoms with Crippen LogP contribution in [0.3, 0.4) is 0 Å². The van der Waals surface area contributed by atoms with Crippen molar-refractivity contribution in [1.82, 2.24) is 14.7 Å². The Labute approximate surface area is 142 Å². The van der Waals surface area contributed by atoms with Crippen molar-refractivity contribution in [3.05, 3.63) is 41.7 Å². The van der Waals surface area contributed by atoms with Crippen LogP contribution in [-0.2, 0) is 16.4 Å². The minimum atomic E-state index is -2.98. The number of hydrogen-bond acceptors (Lipinski definition) is 4. The predicted octanol–water partition coefficient (Wildman–Crippen LogP) is 1.75. The first-order valence-electron chi connectivity index (χ1n) is 8.04. The molecule has 0 bridgehead atoms. The molecule has 1 amide bonds. The second-order valence-corrected chi connectivity index (χ2v) is 8.28. The Bertz CT molecular complexity index is 840. The maximum Gasteiger partial charge on any atom is 0.253 e. The quantitative estimate of drug-likeness (QED) is 0.848. The number of sulfone groups is 1. The van der Waals surface area contributed by atoms with Gasteiger partial charge in [0, 0.05) is 36.5 Å². The fourth-order valence-electron chi connectivity index (χ4n) is 2.94. The van der Waals surface area contributed by atoms with E-state index in [1.54, 1.807) is 17.0 Å². The van der Waals surface area contributed by atoms with Crippen LogP contribution >= 0.6 is 0 Å². The van der Waals surface area contributed by atoms with Crippen molar-refractivity contribution >= 4 is 15.7 Å². The van der Waals surface area contributed by atoms with Crippen LogP contribution in [0.25, 0.3) is 11.1 Å². The van der Waals surface area contributed by atoms with E-state index in [4.69, 9.17) is 0 Å². The highest BCUT2D eigenvalue weighted by Gasteiger charge is 2.25. The van der Waals surface area contributed by atoms with Gasteiger partial charge in [-0.2, -0.15) is 5.10 Å². The highest BCUT2D eigenvalue weighted by Crippen LogP contribution is 2.24. The largest absolute Gasteiger partial charge is 0.337 e. The number of nitrogens with zero attached hydrogens (tertiary/aromatic N) is 3. The summed E-state index contributed by atoms with van der Waals surface area (Å²) in [6, 6.07) is 7.42. The molecule has 1 aromatic heterocycles. The molecule has 0 aliphatic carbocycles. The first-order valence-corrected chi connectivity index (χ1v) is 9.86. The number of benzene rings is 1. The molecule has 1 aliphatic rings. The molecule has 2 heterocycles. The maximum atomic E-state index is 12.5. The molecule has 3 rings (SSSR count). The van der Waals surface area contributed by atoms with Crippen LogP contribution in [0.5, 0.6) is 0 Å². The topological polar surface area (TPSA) is 72.3 Å². The van der Waals surface area contributed by atoms with E-state index in [9.17, 15) is 13.2 Å². The molecule has 0 unspecified atom stereocenters. The zero-order valence-electron chi connectivity index (χ0n) is 13.9. The molecular weight excluding hydrogens is 326 g/mol. The first-order chi connectivity index (χ1) is 11.4. The standard InChI is InChI=1S/C17H21N3O3S/c1-3-20-13(2)16(12-18-20)14-4-6-15(7-5-14)17(21)19-8-10-24(22,23)11-9-19/h4-7,12H,3,8-11H2,1-2H3. The molecule has 0 saturated carbocycles. The van der Waals surface area contributed by atoms with E-state index >= 15 is 0 Å². The molecule has 0 atom stereocenters. The summed E-state index contributed by atoms with van der Waals surface area (Å²) < 4.78 is 24.9. The number of hydrogen-bond donors (Lipinski definition) is 0. The lowest BCUT2D eigenvalue weighted by Crippen LogP contribution is -2.43. The zero-order valence-corrected chi connectivity index (χ0v) is 14.7. The summed E-state index contributed by atoms with van der Waals surface area (Å²) in [4.78, 5) is 14.1. The Balaban J connectivity index is 1.77. The molecule has 0 radical (unpaired) electrons. The Hall–Kier alpha value is -2.15. The van der Waals surface area contributed by atoms with Crippen LogP contribution in [0.15, 0.2) is 30.5 Å². The van der Waals surface area contributed by atoms with Crippen molar-refractivity contribution in [1.29, 1.82) is 0 Å². The fourth-order valence-corrected chi connectivity index (χ4v) is 4.14. The van der Waals surface area contributed by atoms with E-state index < -0.39 is 9.84 Å². The summed E-state index contributed by atoms with van der Waals surface area (Å²) in [6.45, 7) is 5.43. The van der Waals surface area contributed by atoms with E-state index in [2.05, 4.69) is 5.10 Å².